The van der Waals surface area contributed by atoms with Crippen molar-refractivity contribution in [2.45, 2.75) is 0 Å². The van der Waals surface area contributed by atoms with E-state index in [2.05, 4.69) is 20.9 Å². The fraction of sp³-hybridized carbons (Fsp3) is 0. The molecule has 0 N–H and O–H groups in total. The van der Waals surface area contributed by atoms with E-state index in [0.29, 0.717) is 0 Å². The summed E-state index contributed by atoms with van der Waals surface area (Å²) in [5.74, 6) is -3.28. The van der Waals surface area contributed by atoms with Gasteiger partial charge in [-0.05, 0) is 12.1 Å². The van der Waals surface area contributed by atoms with Crippen molar-refractivity contribution in [3.8, 4) is 17.7 Å². The first kappa shape index (κ1) is 14.8. The summed E-state index contributed by atoms with van der Waals surface area (Å²) >= 11 is 2.97. The molecule has 9 heteroatoms. The van der Waals surface area contributed by atoms with Gasteiger partial charge in [0.1, 0.15) is 17.8 Å². The molecule has 6 nitrogen and oxygen atoms in total. The summed E-state index contributed by atoms with van der Waals surface area (Å²) in [5, 5.41) is 19.5. The number of ether oxygens (including phenoxy) is 1. The van der Waals surface area contributed by atoms with Crippen molar-refractivity contribution in [3.63, 3.8) is 0 Å². The van der Waals surface area contributed by atoms with E-state index in [1.54, 1.807) is 6.07 Å². The average molecular weight is 356 g/mol. The highest BCUT2D eigenvalue weighted by Gasteiger charge is 2.17. The summed E-state index contributed by atoms with van der Waals surface area (Å²) in [4.78, 5) is 13.4. The van der Waals surface area contributed by atoms with Gasteiger partial charge in [-0.2, -0.15) is 9.65 Å². The zero-order valence-corrected chi connectivity index (χ0v) is 11.6. The molecule has 2 aromatic rings. The van der Waals surface area contributed by atoms with E-state index in [0.717, 1.165) is 24.4 Å². The van der Waals surface area contributed by atoms with Crippen LogP contribution in [0.3, 0.4) is 0 Å². The fourth-order valence-electron chi connectivity index (χ4n) is 1.41. The van der Waals surface area contributed by atoms with E-state index in [4.69, 9.17) is 10.00 Å². The van der Waals surface area contributed by atoms with Crippen molar-refractivity contribution >= 4 is 21.6 Å². The molecule has 0 bridgehead atoms. The van der Waals surface area contributed by atoms with Gasteiger partial charge < -0.3 is 4.74 Å². The molecule has 0 aliphatic heterocycles. The number of halogens is 3. The van der Waals surface area contributed by atoms with E-state index in [1.807, 2.05) is 0 Å². The molecular formula is C12H4BrF2N3O3. The summed E-state index contributed by atoms with van der Waals surface area (Å²) in [5.41, 5.74) is -0.691. The van der Waals surface area contributed by atoms with Crippen LogP contribution < -0.4 is 4.74 Å². The second-order valence-corrected chi connectivity index (χ2v) is 4.63. The Hall–Kier alpha value is -2.60. The van der Waals surface area contributed by atoms with Crippen LogP contribution in [0, 0.1) is 33.1 Å². The van der Waals surface area contributed by atoms with Gasteiger partial charge in [-0.1, -0.05) is 15.9 Å². The maximum absolute atomic E-state index is 13.6. The first-order valence-corrected chi connectivity index (χ1v) is 6.08. The van der Waals surface area contributed by atoms with E-state index < -0.39 is 28.0 Å². The number of nitriles is 1. The van der Waals surface area contributed by atoms with Gasteiger partial charge in [-0.3, -0.25) is 10.1 Å². The summed E-state index contributed by atoms with van der Waals surface area (Å²) in [6.45, 7) is 0. The molecule has 0 amide bonds. The smallest absolute Gasteiger partial charge is 0.289 e. The molecule has 0 unspecified atom stereocenters. The van der Waals surface area contributed by atoms with Crippen molar-refractivity contribution in [1.82, 2.24) is 4.98 Å². The van der Waals surface area contributed by atoms with Crippen molar-refractivity contribution < 1.29 is 18.4 Å². The molecule has 2 rings (SSSR count). The normalized spacial score (nSPS) is 10.0. The van der Waals surface area contributed by atoms with Crippen LogP contribution >= 0.6 is 15.9 Å². The van der Waals surface area contributed by atoms with Gasteiger partial charge in [-0.25, -0.2) is 9.37 Å². The summed E-state index contributed by atoms with van der Waals surface area (Å²) < 4.78 is 32.1. The number of hydrogen-bond donors (Lipinski definition) is 0. The van der Waals surface area contributed by atoms with Crippen LogP contribution in [-0.2, 0) is 0 Å². The predicted molar refractivity (Wildman–Crippen MR) is 69.7 cm³/mol. The highest BCUT2D eigenvalue weighted by molar-refractivity contribution is 9.10. The Morgan fingerprint density at radius 1 is 1.38 bits per heavy atom. The fourth-order valence-corrected chi connectivity index (χ4v) is 1.82. The van der Waals surface area contributed by atoms with Crippen molar-refractivity contribution in [2.24, 2.45) is 0 Å². The Bertz CT molecular complexity index is 777. The minimum atomic E-state index is -1.26. The molecular weight excluding hydrogens is 352 g/mol. The van der Waals surface area contributed by atoms with E-state index in [-0.39, 0.29) is 15.9 Å². The van der Waals surface area contributed by atoms with Crippen molar-refractivity contribution in [2.75, 3.05) is 0 Å². The second kappa shape index (κ2) is 5.80. The van der Waals surface area contributed by atoms with E-state index >= 15 is 0 Å². The third kappa shape index (κ3) is 3.11. The minimum absolute atomic E-state index is 0.219. The highest BCUT2D eigenvalue weighted by Crippen LogP contribution is 2.31. The third-order valence-electron chi connectivity index (χ3n) is 2.33. The summed E-state index contributed by atoms with van der Waals surface area (Å²) in [6.07, 6.45) is 0.850. The van der Waals surface area contributed by atoms with Gasteiger partial charge in [0.25, 0.3) is 5.69 Å². The molecule has 0 saturated heterocycles. The zero-order valence-electron chi connectivity index (χ0n) is 10.0. The van der Waals surface area contributed by atoms with Crippen LogP contribution in [0.25, 0.3) is 0 Å². The maximum Gasteiger partial charge on any atom is 0.289 e. The predicted octanol–water partition coefficient (Wildman–Crippen LogP) is 3.69. The van der Waals surface area contributed by atoms with E-state index in [1.165, 1.54) is 0 Å². The molecule has 0 aliphatic rings. The standard InChI is InChI=1S/C12H4BrF2N3O3/c13-7-2-9(14)11(15)10(3-7)21-12-6(4-16)1-8(5-17-12)18(19)20/h1-3,5H. The monoisotopic (exact) mass is 355 g/mol. The van der Waals surface area contributed by atoms with Crippen LogP contribution in [0.2, 0.25) is 0 Å². The molecule has 0 saturated carbocycles. The number of nitrogens with zero attached hydrogens (tertiary/aromatic N) is 3. The van der Waals surface area contributed by atoms with Crippen LogP contribution in [0.1, 0.15) is 5.56 Å². The molecule has 0 spiro atoms. The van der Waals surface area contributed by atoms with Crippen LogP contribution in [-0.4, -0.2) is 9.91 Å². The highest BCUT2D eigenvalue weighted by atomic mass is 79.9. The molecule has 0 aliphatic carbocycles. The van der Waals surface area contributed by atoms with Gasteiger partial charge in [0, 0.05) is 10.5 Å². The van der Waals surface area contributed by atoms with Crippen LogP contribution in [0.15, 0.2) is 28.9 Å². The van der Waals surface area contributed by atoms with Crippen molar-refractivity contribution in [3.05, 3.63) is 56.2 Å². The van der Waals surface area contributed by atoms with E-state index in [9.17, 15) is 18.9 Å². The van der Waals surface area contributed by atoms with Gasteiger partial charge in [0.05, 0.1) is 4.92 Å². The Labute approximate surface area is 124 Å². The molecule has 21 heavy (non-hydrogen) atoms. The zero-order chi connectivity index (χ0) is 15.6. The number of pyridine rings is 1. The van der Waals surface area contributed by atoms with Gasteiger partial charge in [0.15, 0.2) is 11.6 Å². The lowest BCUT2D eigenvalue weighted by Crippen LogP contribution is -1.98. The van der Waals surface area contributed by atoms with Crippen LogP contribution in [0.5, 0.6) is 11.6 Å². The van der Waals surface area contributed by atoms with Gasteiger partial charge in [0.2, 0.25) is 11.7 Å². The van der Waals surface area contributed by atoms with Crippen molar-refractivity contribution in [1.29, 1.82) is 5.26 Å². The SMILES string of the molecule is N#Cc1cc([N+](=O)[O-])cnc1Oc1cc(Br)cc(F)c1F. The molecule has 0 radical (unpaired) electrons. The number of hydrogen-bond acceptors (Lipinski definition) is 5. The third-order valence-corrected chi connectivity index (χ3v) is 2.79. The number of rotatable bonds is 3. The molecule has 1 aromatic carbocycles. The van der Waals surface area contributed by atoms with Gasteiger partial charge >= 0.3 is 0 Å². The minimum Gasteiger partial charge on any atom is -0.434 e. The molecule has 106 valence electrons. The molecule has 0 atom stereocenters. The molecule has 0 fully saturated rings. The van der Waals surface area contributed by atoms with Crippen LogP contribution in [0.4, 0.5) is 14.5 Å². The molecule has 1 aromatic heterocycles. The largest absolute Gasteiger partial charge is 0.434 e. The lowest BCUT2D eigenvalue weighted by atomic mass is 10.2. The summed E-state index contributed by atoms with van der Waals surface area (Å²) in [6, 6.07) is 4.61. The quantitative estimate of drug-likeness (QED) is 0.475. The van der Waals surface area contributed by atoms with Gasteiger partial charge in [-0.15, -0.1) is 0 Å². The lowest BCUT2D eigenvalue weighted by Gasteiger charge is -2.08. The Morgan fingerprint density at radius 3 is 2.71 bits per heavy atom. The topological polar surface area (TPSA) is 89.0 Å². The number of benzene rings is 1. The Morgan fingerprint density at radius 2 is 2.10 bits per heavy atom. The second-order valence-electron chi connectivity index (χ2n) is 3.72. The first-order valence-electron chi connectivity index (χ1n) is 5.29. The maximum atomic E-state index is 13.6. The molecule has 1 heterocycles. The first-order chi connectivity index (χ1) is 9.92. The Kier molecular flexibility index (Phi) is 4.09. The lowest BCUT2D eigenvalue weighted by molar-refractivity contribution is -0.385. The average Bonchev–Trinajstić information content (AvgIpc) is 2.44. The Balaban J connectivity index is 2.45. The summed E-state index contributed by atoms with van der Waals surface area (Å²) in [7, 11) is 0. The number of aromatic nitrogens is 1. The number of nitro groups is 1.